The largest absolute Gasteiger partial charge is 0.513 e. The van der Waals surface area contributed by atoms with Gasteiger partial charge in [-0.1, -0.05) is 67.4 Å². The van der Waals surface area contributed by atoms with Gasteiger partial charge < -0.3 is 38.9 Å². The van der Waals surface area contributed by atoms with E-state index >= 15 is 0 Å². The molecule has 1 aromatic rings. The molecule has 2 N–H and O–H groups in total. The number of rotatable bonds is 15. The zero-order valence-electron chi connectivity index (χ0n) is 26.9. The Bertz CT molecular complexity index is 1050. The molecule has 0 radical (unpaired) electrons. The van der Waals surface area contributed by atoms with E-state index in [1.807, 2.05) is 48.5 Å². The Hall–Kier alpha value is -3.54. The fourth-order valence-corrected chi connectivity index (χ4v) is 3.00. The van der Waals surface area contributed by atoms with Crippen LogP contribution in [0.1, 0.15) is 80.7 Å². The van der Waals surface area contributed by atoms with Crippen molar-refractivity contribution in [3.63, 3.8) is 0 Å². The van der Waals surface area contributed by atoms with Crippen LogP contribution in [0.4, 0.5) is 14.4 Å². The van der Waals surface area contributed by atoms with Crippen molar-refractivity contribution in [2.45, 2.75) is 99.8 Å². The predicted molar refractivity (Wildman–Crippen MR) is 158 cm³/mol. The Kier molecular flexibility index (Phi) is 15.9. The van der Waals surface area contributed by atoms with Gasteiger partial charge in [0.2, 0.25) is 0 Å². The predicted octanol–water partition coefficient (Wildman–Crippen LogP) is 6.20. The maximum atomic E-state index is 12.7. The van der Waals surface area contributed by atoms with E-state index in [0.29, 0.717) is 5.56 Å². The molecule has 12 heteroatoms. The molecule has 0 saturated carbocycles. The summed E-state index contributed by atoms with van der Waals surface area (Å²) < 4.78 is 36.6. The quantitative estimate of drug-likeness (QED) is 0.136. The summed E-state index contributed by atoms with van der Waals surface area (Å²) in [6.07, 6.45) is -2.80. The van der Waals surface area contributed by atoms with Crippen LogP contribution < -0.4 is 15.2 Å². The molecular weight excluding hydrogens is 562 g/mol. The van der Waals surface area contributed by atoms with Gasteiger partial charge >= 0.3 is 24.4 Å². The van der Waals surface area contributed by atoms with Gasteiger partial charge in [-0.3, -0.25) is 4.79 Å². The van der Waals surface area contributed by atoms with E-state index in [1.165, 1.54) is 12.1 Å². The minimum absolute atomic E-state index is 0.00850. The minimum atomic E-state index is -1.11. The highest BCUT2D eigenvalue weighted by Crippen LogP contribution is 2.30. The van der Waals surface area contributed by atoms with Gasteiger partial charge in [0.25, 0.3) is 0 Å². The molecule has 0 saturated heterocycles. The van der Waals surface area contributed by atoms with Gasteiger partial charge in [-0.05, 0) is 55.2 Å². The number of ether oxygens (including phenoxy) is 7. The number of carbonyl (C=O) groups is 4. The molecule has 0 fully saturated rings. The molecule has 0 aliphatic rings. The van der Waals surface area contributed by atoms with Crippen LogP contribution >= 0.6 is 0 Å². The maximum Gasteiger partial charge on any atom is 0.513 e. The van der Waals surface area contributed by atoms with Crippen LogP contribution in [0.15, 0.2) is 18.2 Å². The summed E-state index contributed by atoms with van der Waals surface area (Å²) in [5.74, 6) is -0.666. The molecule has 0 aromatic heterocycles. The van der Waals surface area contributed by atoms with E-state index in [2.05, 4.69) is 0 Å². The average molecular weight is 612 g/mol. The summed E-state index contributed by atoms with van der Waals surface area (Å²) in [5, 5.41) is 0. The zero-order chi connectivity index (χ0) is 32.7. The molecule has 0 spiro atoms. The van der Waals surface area contributed by atoms with Crippen LogP contribution in [0.2, 0.25) is 0 Å². The van der Waals surface area contributed by atoms with Gasteiger partial charge in [-0.15, -0.1) is 0 Å². The molecular formula is C31H49NO11. The topological polar surface area (TPSA) is 159 Å². The van der Waals surface area contributed by atoms with Crippen molar-refractivity contribution in [2.24, 2.45) is 23.0 Å². The molecule has 0 heterocycles. The van der Waals surface area contributed by atoms with E-state index in [0.717, 1.165) is 12.8 Å². The SMILES string of the molecule is CCC(C)COC(=O)Oc1ccc(C[C@H](N)C(=O)O[C@@H](C)C(C)OC(=O)OCC(C)(C)C)cc1OC(=O)OCC(C)CC. The highest BCUT2D eigenvalue weighted by Gasteiger charge is 2.26. The number of nitrogens with two attached hydrogens (primary N) is 1. The second-order valence-electron chi connectivity index (χ2n) is 12.0. The molecule has 12 nitrogen and oxygen atoms in total. The first-order valence-electron chi connectivity index (χ1n) is 14.7. The van der Waals surface area contributed by atoms with Gasteiger partial charge in [0.15, 0.2) is 11.5 Å². The molecule has 244 valence electrons. The maximum absolute atomic E-state index is 12.7. The number of benzene rings is 1. The first kappa shape index (κ1) is 37.5. The van der Waals surface area contributed by atoms with Crippen molar-refractivity contribution in [3.8, 4) is 11.5 Å². The van der Waals surface area contributed by atoms with Crippen LogP contribution in [-0.4, -0.2) is 62.5 Å². The molecule has 1 rings (SSSR count). The van der Waals surface area contributed by atoms with E-state index < -0.39 is 42.7 Å². The van der Waals surface area contributed by atoms with Crippen molar-refractivity contribution in [1.82, 2.24) is 0 Å². The smallest absolute Gasteiger partial charge is 0.458 e. The lowest BCUT2D eigenvalue weighted by Crippen LogP contribution is -2.39. The van der Waals surface area contributed by atoms with E-state index in [4.69, 9.17) is 38.9 Å². The Morgan fingerprint density at radius 2 is 1.26 bits per heavy atom. The van der Waals surface area contributed by atoms with Gasteiger partial charge in [-0.25, -0.2) is 14.4 Å². The fraction of sp³-hybridized carbons (Fsp3) is 0.677. The van der Waals surface area contributed by atoms with Crippen molar-refractivity contribution in [1.29, 1.82) is 0 Å². The number of hydrogen-bond acceptors (Lipinski definition) is 12. The van der Waals surface area contributed by atoms with Gasteiger partial charge in [0, 0.05) is 0 Å². The molecule has 43 heavy (non-hydrogen) atoms. The highest BCUT2D eigenvalue weighted by molar-refractivity contribution is 5.76. The van der Waals surface area contributed by atoms with Crippen LogP contribution in [0.5, 0.6) is 11.5 Å². The first-order chi connectivity index (χ1) is 20.0. The Morgan fingerprint density at radius 3 is 1.77 bits per heavy atom. The third-order valence-electron chi connectivity index (χ3n) is 6.39. The lowest BCUT2D eigenvalue weighted by Gasteiger charge is -2.23. The lowest BCUT2D eigenvalue weighted by atomic mass is 9.99. The van der Waals surface area contributed by atoms with Gasteiger partial charge in [0.1, 0.15) is 18.2 Å². The van der Waals surface area contributed by atoms with E-state index in [-0.39, 0.29) is 55.0 Å². The fourth-order valence-electron chi connectivity index (χ4n) is 3.00. The molecule has 3 unspecified atom stereocenters. The van der Waals surface area contributed by atoms with E-state index in [1.54, 1.807) is 19.9 Å². The zero-order valence-corrected chi connectivity index (χ0v) is 26.9. The van der Waals surface area contributed by atoms with Crippen LogP contribution in [0, 0.1) is 17.3 Å². The summed E-state index contributed by atoms with van der Waals surface area (Å²) in [6, 6.07) is 3.26. The highest BCUT2D eigenvalue weighted by atomic mass is 16.7. The number of esters is 1. The molecule has 0 bridgehead atoms. The van der Waals surface area contributed by atoms with Crippen LogP contribution in [0.3, 0.4) is 0 Å². The minimum Gasteiger partial charge on any atom is -0.458 e. The average Bonchev–Trinajstić information content (AvgIpc) is 2.94. The molecule has 0 aliphatic carbocycles. The molecule has 5 atom stereocenters. The van der Waals surface area contributed by atoms with Crippen molar-refractivity contribution in [2.75, 3.05) is 19.8 Å². The van der Waals surface area contributed by atoms with E-state index in [9.17, 15) is 19.2 Å². The Labute approximate surface area is 254 Å². The monoisotopic (exact) mass is 611 g/mol. The van der Waals surface area contributed by atoms with Crippen molar-refractivity contribution in [3.05, 3.63) is 23.8 Å². The second-order valence-corrected chi connectivity index (χ2v) is 12.0. The summed E-state index contributed by atoms with van der Waals surface area (Å²) in [4.78, 5) is 49.2. The van der Waals surface area contributed by atoms with Crippen molar-refractivity contribution < 1.29 is 52.3 Å². The lowest BCUT2D eigenvalue weighted by molar-refractivity contribution is -0.155. The van der Waals surface area contributed by atoms with Gasteiger partial charge in [-0.2, -0.15) is 0 Å². The normalized spacial score (nSPS) is 14.7. The third kappa shape index (κ3) is 15.5. The third-order valence-corrected chi connectivity index (χ3v) is 6.39. The summed E-state index contributed by atoms with van der Waals surface area (Å²) >= 11 is 0. The number of carbonyl (C=O) groups excluding carboxylic acids is 4. The Morgan fingerprint density at radius 1 is 0.744 bits per heavy atom. The van der Waals surface area contributed by atoms with Crippen molar-refractivity contribution >= 4 is 24.4 Å². The molecule has 0 amide bonds. The summed E-state index contributed by atoms with van der Waals surface area (Å²) in [5.41, 5.74) is 6.35. The van der Waals surface area contributed by atoms with Crippen LogP contribution in [-0.2, 0) is 34.9 Å². The molecule has 0 aliphatic heterocycles. The Balaban J connectivity index is 2.91. The summed E-state index contributed by atoms with van der Waals surface area (Å²) in [6.45, 7) is 17.1. The molecule has 1 aromatic carbocycles. The number of hydrogen-bond donors (Lipinski definition) is 1. The summed E-state index contributed by atoms with van der Waals surface area (Å²) in [7, 11) is 0. The standard InChI is InChI=1S/C31H49NO11/c1-10-19(3)16-37-28(34)42-25-13-12-23(15-26(25)43-29(35)38-17-20(4)11-2)14-24(32)27(33)40-21(5)22(6)41-30(36)39-18-31(7,8)9/h12-13,15,19-22,24H,10-11,14,16-18,32H2,1-9H3/t19?,20?,21-,22?,24-/m0/s1. The second kappa shape index (κ2) is 18.2. The first-order valence-corrected chi connectivity index (χ1v) is 14.7. The van der Waals surface area contributed by atoms with Crippen LogP contribution in [0.25, 0.3) is 0 Å². The van der Waals surface area contributed by atoms with Gasteiger partial charge in [0.05, 0.1) is 19.8 Å².